The van der Waals surface area contributed by atoms with Gasteiger partial charge in [-0.15, -0.1) is 0 Å². The van der Waals surface area contributed by atoms with Crippen molar-refractivity contribution in [2.24, 2.45) is 10.9 Å². The van der Waals surface area contributed by atoms with E-state index in [0.717, 1.165) is 24.7 Å². The predicted octanol–water partition coefficient (Wildman–Crippen LogP) is 3.05. The molecule has 0 amide bonds. The first kappa shape index (κ1) is 14.2. The van der Waals surface area contributed by atoms with E-state index >= 15 is 0 Å². The maximum absolute atomic E-state index is 5.11. The van der Waals surface area contributed by atoms with E-state index in [1.54, 1.807) is 7.11 Å². The molecule has 1 atom stereocenters. The summed E-state index contributed by atoms with van der Waals surface area (Å²) in [4.78, 5) is 4.75. The van der Waals surface area contributed by atoms with Gasteiger partial charge in [-0.25, -0.2) is 0 Å². The van der Waals surface area contributed by atoms with E-state index in [-0.39, 0.29) is 0 Å². The normalized spacial score (nSPS) is 32.3. The first-order valence-electron chi connectivity index (χ1n) is 7.28. The van der Waals surface area contributed by atoms with Crippen molar-refractivity contribution in [1.82, 2.24) is 5.32 Å². The van der Waals surface area contributed by atoms with E-state index in [1.807, 2.05) is 11.8 Å². The molecule has 0 aromatic carbocycles. The van der Waals surface area contributed by atoms with Crippen molar-refractivity contribution >= 4 is 16.9 Å². The Morgan fingerprint density at radius 2 is 2.11 bits per heavy atom. The minimum atomic E-state index is 0.462. The molecule has 2 rings (SSSR count). The number of nitrogens with one attached hydrogen (secondary N) is 1. The first-order chi connectivity index (χ1) is 8.81. The zero-order valence-corrected chi connectivity index (χ0v) is 12.5. The molecule has 18 heavy (non-hydrogen) atoms. The molecule has 1 saturated carbocycles. The van der Waals surface area contributed by atoms with Gasteiger partial charge in [0.05, 0.1) is 6.04 Å². The van der Waals surface area contributed by atoms with E-state index in [4.69, 9.17) is 9.73 Å². The zero-order chi connectivity index (χ0) is 12.8. The van der Waals surface area contributed by atoms with Crippen molar-refractivity contribution in [1.29, 1.82) is 0 Å². The average molecular weight is 270 g/mol. The molecule has 0 aromatic rings. The van der Waals surface area contributed by atoms with Gasteiger partial charge < -0.3 is 10.1 Å². The molecule has 0 spiro atoms. The van der Waals surface area contributed by atoms with E-state index in [0.29, 0.717) is 12.1 Å². The molecular weight excluding hydrogens is 244 g/mol. The van der Waals surface area contributed by atoms with Crippen LogP contribution in [0.2, 0.25) is 0 Å². The van der Waals surface area contributed by atoms with Gasteiger partial charge in [-0.05, 0) is 38.0 Å². The van der Waals surface area contributed by atoms with Crippen LogP contribution in [0.5, 0.6) is 0 Å². The predicted molar refractivity (Wildman–Crippen MR) is 79.3 cm³/mol. The fourth-order valence-electron chi connectivity index (χ4n) is 2.79. The molecule has 0 bridgehead atoms. The van der Waals surface area contributed by atoms with Gasteiger partial charge in [-0.2, -0.15) is 0 Å². The Bertz CT molecular complexity index is 275. The number of nitrogens with zero attached hydrogens (tertiary/aromatic N) is 1. The molecule has 1 heterocycles. The lowest BCUT2D eigenvalue weighted by molar-refractivity contribution is 0.190. The van der Waals surface area contributed by atoms with E-state index < -0.39 is 0 Å². The summed E-state index contributed by atoms with van der Waals surface area (Å²) in [5.74, 6) is 2.09. The summed E-state index contributed by atoms with van der Waals surface area (Å²) in [6.07, 6.45) is 7.82. The highest BCUT2D eigenvalue weighted by Gasteiger charge is 2.23. The highest BCUT2D eigenvalue weighted by atomic mass is 32.2. The van der Waals surface area contributed by atoms with Crippen molar-refractivity contribution in [3.05, 3.63) is 0 Å². The fourth-order valence-corrected chi connectivity index (χ4v) is 3.85. The number of methoxy groups -OCH3 is 1. The second-order valence-electron chi connectivity index (χ2n) is 5.45. The molecule has 1 N–H and O–H groups in total. The van der Waals surface area contributed by atoms with Gasteiger partial charge in [0.2, 0.25) is 0 Å². The van der Waals surface area contributed by atoms with Crippen LogP contribution in [-0.2, 0) is 4.74 Å². The van der Waals surface area contributed by atoms with Gasteiger partial charge in [-0.3, -0.25) is 4.99 Å². The summed E-state index contributed by atoms with van der Waals surface area (Å²) in [5.41, 5.74) is 0. The first-order valence-corrected chi connectivity index (χ1v) is 8.26. The van der Waals surface area contributed by atoms with Crippen molar-refractivity contribution in [3.63, 3.8) is 0 Å². The smallest absolute Gasteiger partial charge is 0.157 e. The Labute approximate surface area is 115 Å². The van der Waals surface area contributed by atoms with E-state index in [1.165, 1.54) is 37.3 Å². The maximum atomic E-state index is 5.11. The van der Waals surface area contributed by atoms with Gasteiger partial charge >= 0.3 is 0 Å². The molecule has 0 saturated heterocycles. The van der Waals surface area contributed by atoms with Crippen LogP contribution in [0.15, 0.2) is 4.99 Å². The van der Waals surface area contributed by atoms with Gasteiger partial charge in [-0.1, -0.05) is 25.1 Å². The third-order valence-corrected chi connectivity index (χ3v) is 5.17. The maximum Gasteiger partial charge on any atom is 0.157 e. The highest BCUT2D eigenvalue weighted by molar-refractivity contribution is 8.14. The standard InChI is InChI=1S/C14H26N2OS/c1-3-11-4-6-12(7-5-11)15-14-16-13(10-18-14)8-9-17-2/h11-13H,3-10H2,1-2H3,(H,15,16). The minimum absolute atomic E-state index is 0.462. The Morgan fingerprint density at radius 3 is 2.78 bits per heavy atom. The number of hydrogen-bond donors (Lipinski definition) is 1. The quantitative estimate of drug-likeness (QED) is 0.833. The van der Waals surface area contributed by atoms with E-state index in [9.17, 15) is 0 Å². The van der Waals surface area contributed by atoms with Crippen LogP contribution in [0.3, 0.4) is 0 Å². The zero-order valence-electron chi connectivity index (χ0n) is 11.7. The largest absolute Gasteiger partial charge is 0.385 e. The van der Waals surface area contributed by atoms with Gasteiger partial charge in [0.15, 0.2) is 5.17 Å². The molecule has 1 aliphatic heterocycles. The number of rotatable bonds is 5. The van der Waals surface area contributed by atoms with Gasteiger partial charge in [0.25, 0.3) is 0 Å². The Kier molecular flexibility index (Phi) is 5.83. The number of amidine groups is 1. The van der Waals surface area contributed by atoms with Crippen LogP contribution >= 0.6 is 11.8 Å². The molecule has 3 nitrogen and oxygen atoms in total. The van der Waals surface area contributed by atoms with Crippen LogP contribution in [0.1, 0.15) is 45.4 Å². The molecule has 104 valence electrons. The van der Waals surface area contributed by atoms with Crippen LogP contribution in [0.25, 0.3) is 0 Å². The minimum Gasteiger partial charge on any atom is -0.385 e. The van der Waals surface area contributed by atoms with Crippen molar-refractivity contribution in [3.8, 4) is 0 Å². The monoisotopic (exact) mass is 270 g/mol. The van der Waals surface area contributed by atoms with Crippen LogP contribution < -0.4 is 5.32 Å². The number of ether oxygens (including phenoxy) is 1. The summed E-state index contributed by atoms with van der Waals surface area (Å²) in [6, 6.07) is 1.13. The molecule has 0 radical (unpaired) electrons. The second kappa shape index (κ2) is 7.39. The summed E-state index contributed by atoms with van der Waals surface area (Å²) in [6.45, 7) is 3.14. The lowest BCUT2D eigenvalue weighted by Gasteiger charge is -2.28. The second-order valence-corrected chi connectivity index (χ2v) is 6.46. The molecule has 1 fully saturated rings. The number of thioether (sulfide) groups is 1. The Hall–Kier alpha value is -0.220. The SMILES string of the molecule is CCC1CCC(NC2=NC(CCOC)CS2)CC1. The van der Waals surface area contributed by atoms with Gasteiger partial charge in [0.1, 0.15) is 0 Å². The molecule has 4 heteroatoms. The van der Waals surface area contributed by atoms with Crippen molar-refractivity contribution < 1.29 is 4.74 Å². The Balaban J connectivity index is 1.70. The summed E-state index contributed by atoms with van der Waals surface area (Å²) >= 11 is 1.88. The molecule has 1 unspecified atom stereocenters. The number of aliphatic imine (C=N–C) groups is 1. The molecule has 2 aliphatic rings. The lowest BCUT2D eigenvalue weighted by atomic mass is 9.85. The van der Waals surface area contributed by atoms with Crippen molar-refractivity contribution in [2.45, 2.75) is 57.5 Å². The third kappa shape index (κ3) is 4.16. The molecule has 1 aliphatic carbocycles. The third-order valence-electron chi connectivity index (χ3n) is 4.12. The van der Waals surface area contributed by atoms with Crippen LogP contribution in [-0.4, -0.2) is 36.7 Å². The Morgan fingerprint density at radius 1 is 1.33 bits per heavy atom. The average Bonchev–Trinajstić information content (AvgIpc) is 2.85. The van der Waals surface area contributed by atoms with Crippen molar-refractivity contribution in [2.75, 3.05) is 19.5 Å². The summed E-state index contributed by atoms with van der Waals surface area (Å²) < 4.78 is 5.11. The fraction of sp³-hybridized carbons (Fsp3) is 0.929. The lowest BCUT2D eigenvalue weighted by Crippen LogP contribution is -2.35. The van der Waals surface area contributed by atoms with E-state index in [2.05, 4.69) is 12.2 Å². The molecular formula is C14H26N2OS. The topological polar surface area (TPSA) is 33.6 Å². The highest BCUT2D eigenvalue weighted by Crippen LogP contribution is 2.28. The molecule has 0 aromatic heterocycles. The van der Waals surface area contributed by atoms with Gasteiger partial charge in [0, 0.05) is 25.5 Å². The summed E-state index contributed by atoms with van der Waals surface area (Å²) in [7, 11) is 1.76. The van der Waals surface area contributed by atoms with Crippen LogP contribution in [0.4, 0.5) is 0 Å². The summed E-state index contributed by atoms with van der Waals surface area (Å²) in [5, 5.41) is 4.82. The number of hydrogen-bond acceptors (Lipinski definition) is 4. The van der Waals surface area contributed by atoms with Crippen LogP contribution in [0, 0.1) is 5.92 Å².